The molecule has 1 aromatic carbocycles. The fourth-order valence-electron chi connectivity index (χ4n) is 4.33. The van der Waals surface area contributed by atoms with E-state index in [1.807, 2.05) is 0 Å². The van der Waals surface area contributed by atoms with Gasteiger partial charge in [-0.3, -0.25) is 4.48 Å². The minimum absolute atomic E-state index is 0.906. The minimum atomic E-state index is 0.906. The van der Waals surface area contributed by atoms with Crippen molar-refractivity contribution in [1.29, 1.82) is 0 Å². The topological polar surface area (TPSA) is 0 Å². The van der Waals surface area contributed by atoms with E-state index in [0.717, 1.165) is 17.4 Å². The first kappa shape index (κ1) is 27.0. The molecular weight excluding hydrogens is 362 g/mol. The summed E-state index contributed by atoms with van der Waals surface area (Å²) in [4.78, 5) is 0. The maximum atomic E-state index is 4.40. The molecule has 0 fully saturated rings. The molecule has 0 aliphatic heterocycles. The van der Waals surface area contributed by atoms with Gasteiger partial charge in [0.15, 0.2) is 0 Å². The Morgan fingerprint density at radius 3 is 1.47 bits per heavy atom. The molecule has 0 radical (unpaired) electrons. The molecule has 0 saturated heterocycles. The van der Waals surface area contributed by atoms with Crippen LogP contribution in [-0.4, -0.2) is 18.6 Å². The standard InChI is InChI=1S/C29H52N/c1-5-6-7-8-9-10-11-12-13-14-15-16-17-18-19-21-24-28(2)30(3,4)27-29-25-22-20-23-26-29/h20,22-23,25-26H,2,5-19,21,24,27H2,1,3-4H3/q+1. The normalized spacial score (nSPS) is 11.7. The fourth-order valence-corrected chi connectivity index (χ4v) is 4.33. The van der Waals surface area contributed by atoms with Crippen molar-refractivity contribution < 1.29 is 4.48 Å². The van der Waals surface area contributed by atoms with Gasteiger partial charge in [0.2, 0.25) is 0 Å². The molecule has 1 aromatic rings. The van der Waals surface area contributed by atoms with Gasteiger partial charge < -0.3 is 0 Å². The van der Waals surface area contributed by atoms with E-state index in [1.54, 1.807) is 0 Å². The van der Waals surface area contributed by atoms with Crippen LogP contribution in [0.2, 0.25) is 0 Å². The van der Waals surface area contributed by atoms with Crippen molar-refractivity contribution in [2.75, 3.05) is 14.1 Å². The van der Waals surface area contributed by atoms with Crippen LogP contribution in [0, 0.1) is 0 Å². The largest absolute Gasteiger partial charge is 0.296 e. The third-order valence-electron chi connectivity index (χ3n) is 6.60. The summed E-state index contributed by atoms with van der Waals surface area (Å²) in [6.45, 7) is 7.74. The Morgan fingerprint density at radius 1 is 0.633 bits per heavy atom. The third kappa shape index (κ3) is 14.0. The van der Waals surface area contributed by atoms with Crippen LogP contribution in [0.15, 0.2) is 42.6 Å². The van der Waals surface area contributed by atoms with Crippen LogP contribution < -0.4 is 0 Å². The lowest BCUT2D eigenvalue weighted by molar-refractivity contribution is -0.867. The lowest BCUT2D eigenvalue weighted by Crippen LogP contribution is -2.37. The Bertz CT molecular complexity index is 516. The second-order valence-electron chi connectivity index (χ2n) is 9.95. The highest BCUT2D eigenvalue weighted by atomic mass is 15.3. The molecule has 1 nitrogen and oxygen atoms in total. The summed E-state index contributed by atoms with van der Waals surface area (Å²) in [6.07, 6.45) is 24.0. The zero-order valence-electron chi connectivity index (χ0n) is 20.8. The summed E-state index contributed by atoms with van der Waals surface area (Å²) < 4.78 is 0.906. The summed E-state index contributed by atoms with van der Waals surface area (Å²) >= 11 is 0. The molecule has 0 saturated carbocycles. The molecule has 0 N–H and O–H groups in total. The van der Waals surface area contributed by atoms with Crippen molar-refractivity contribution in [2.45, 2.75) is 123 Å². The number of hydrogen-bond acceptors (Lipinski definition) is 0. The van der Waals surface area contributed by atoms with Gasteiger partial charge in [-0.25, -0.2) is 0 Å². The molecule has 1 rings (SSSR count). The van der Waals surface area contributed by atoms with Crippen LogP contribution in [0.3, 0.4) is 0 Å². The Morgan fingerprint density at radius 2 is 1.03 bits per heavy atom. The van der Waals surface area contributed by atoms with E-state index in [0.29, 0.717) is 0 Å². The van der Waals surface area contributed by atoms with E-state index in [-0.39, 0.29) is 0 Å². The highest BCUT2D eigenvalue weighted by Crippen LogP contribution is 2.21. The molecule has 0 aromatic heterocycles. The third-order valence-corrected chi connectivity index (χ3v) is 6.60. The smallest absolute Gasteiger partial charge is 0.108 e. The molecular formula is C29H52N+. The fraction of sp³-hybridized carbons (Fsp3) is 0.724. The van der Waals surface area contributed by atoms with E-state index in [9.17, 15) is 0 Å². The molecule has 0 bridgehead atoms. The minimum Gasteiger partial charge on any atom is -0.296 e. The van der Waals surface area contributed by atoms with E-state index in [4.69, 9.17) is 0 Å². The van der Waals surface area contributed by atoms with Gasteiger partial charge in [0, 0.05) is 12.0 Å². The van der Waals surface area contributed by atoms with Crippen molar-refractivity contribution >= 4 is 0 Å². The summed E-state index contributed by atoms with van der Waals surface area (Å²) in [5, 5.41) is 0. The maximum Gasteiger partial charge on any atom is 0.108 e. The van der Waals surface area contributed by atoms with Gasteiger partial charge in [0.1, 0.15) is 12.2 Å². The molecule has 1 heteroatoms. The van der Waals surface area contributed by atoms with E-state index < -0.39 is 0 Å². The summed E-state index contributed by atoms with van der Waals surface area (Å²) in [5.74, 6) is 0. The first-order chi connectivity index (χ1) is 14.6. The molecule has 0 aliphatic carbocycles. The van der Waals surface area contributed by atoms with Crippen molar-refractivity contribution in [3.63, 3.8) is 0 Å². The lowest BCUT2D eigenvalue weighted by atomic mass is 10.0. The Kier molecular flexibility index (Phi) is 15.8. The highest BCUT2D eigenvalue weighted by Gasteiger charge is 2.20. The van der Waals surface area contributed by atoms with Gasteiger partial charge in [0.05, 0.1) is 14.1 Å². The number of hydrogen-bond donors (Lipinski definition) is 0. The number of allylic oxidation sites excluding steroid dienone is 1. The number of quaternary nitrogens is 1. The zero-order chi connectivity index (χ0) is 21.9. The van der Waals surface area contributed by atoms with Crippen LogP contribution in [0.4, 0.5) is 0 Å². The van der Waals surface area contributed by atoms with Crippen LogP contribution in [0.5, 0.6) is 0 Å². The molecule has 0 atom stereocenters. The van der Waals surface area contributed by atoms with Crippen LogP contribution in [-0.2, 0) is 6.54 Å². The lowest BCUT2D eigenvalue weighted by Gasteiger charge is -2.31. The van der Waals surface area contributed by atoms with Crippen LogP contribution >= 0.6 is 0 Å². The number of benzene rings is 1. The van der Waals surface area contributed by atoms with Crippen molar-refractivity contribution in [1.82, 2.24) is 0 Å². The zero-order valence-corrected chi connectivity index (χ0v) is 20.8. The molecule has 0 spiro atoms. The van der Waals surface area contributed by atoms with E-state index in [1.165, 1.54) is 114 Å². The van der Waals surface area contributed by atoms with E-state index in [2.05, 4.69) is 57.9 Å². The number of nitrogens with zero attached hydrogens (tertiary/aromatic N) is 1. The Labute approximate surface area is 189 Å². The van der Waals surface area contributed by atoms with Gasteiger partial charge in [0.25, 0.3) is 0 Å². The second-order valence-corrected chi connectivity index (χ2v) is 9.95. The van der Waals surface area contributed by atoms with Crippen molar-refractivity contribution in [3.8, 4) is 0 Å². The highest BCUT2D eigenvalue weighted by molar-refractivity contribution is 5.13. The molecule has 172 valence electrons. The quantitative estimate of drug-likeness (QED) is 0.147. The van der Waals surface area contributed by atoms with Crippen LogP contribution in [0.1, 0.15) is 122 Å². The predicted molar refractivity (Wildman–Crippen MR) is 136 cm³/mol. The van der Waals surface area contributed by atoms with E-state index >= 15 is 0 Å². The number of unbranched alkanes of at least 4 members (excludes halogenated alkanes) is 15. The van der Waals surface area contributed by atoms with Crippen molar-refractivity contribution in [2.24, 2.45) is 0 Å². The monoisotopic (exact) mass is 414 g/mol. The first-order valence-corrected chi connectivity index (χ1v) is 13.1. The predicted octanol–water partition coefficient (Wildman–Crippen LogP) is 9.43. The molecule has 0 amide bonds. The van der Waals surface area contributed by atoms with Crippen molar-refractivity contribution in [3.05, 3.63) is 48.2 Å². The summed E-state index contributed by atoms with van der Waals surface area (Å²) in [6, 6.07) is 10.8. The van der Waals surface area contributed by atoms with Gasteiger partial charge >= 0.3 is 0 Å². The molecule has 0 aliphatic rings. The molecule has 0 unspecified atom stereocenters. The summed E-state index contributed by atoms with van der Waals surface area (Å²) in [5.41, 5.74) is 2.76. The average Bonchev–Trinajstić information content (AvgIpc) is 2.73. The van der Waals surface area contributed by atoms with Gasteiger partial charge in [-0.2, -0.15) is 0 Å². The summed E-state index contributed by atoms with van der Waals surface area (Å²) in [7, 11) is 4.59. The number of rotatable bonds is 20. The van der Waals surface area contributed by atoms with Gasteiger partial charge in [-0.1, -0.05) is 134 Å². The Balaban J connectivity index is 1.89. The first-order valence-electron chi connectivity index (χ1n) is 13.1. The maximum absolute atomic E-state index is 4.40. The molecule has 0 heterocycles. The SMILES string of the molecule is C=C(CCCCCCCCCCCCCCCCCC)[N+](C)(C)Cc1ccccc1. The Hall–Kier alpha value is -1.08. The average molecular weight is 415 g/mol. The van der Waals surface area contributed by atoms with Gasteiger partial charge in [-0.05, 0) is 13.0 Å². The van der Waals surface area contributed by atoms with Crippen LogP contribution in [0.25, 0.3) is 0 Å². The van der Waals surface area contributed by atoms with Gasteiger partial charge in [-0.15, -0.1) is 0 Å². The molecule has 30 heavy (non-hydrogen) atoms. The second kappa shape index (κ2) is 17.6.